The number of nitriles is 1. The molecule has 0 unspecified atom stereocenters. The van der Waals surface area contributed by atoms with Crippen LogP contribution in [-0.2, 0) is 0 Å². The highest BCUT2D eigenvalue weighted by Crippen LogP contribution is 2.01. The molecule has 1 heteroatoms. The van der Waals surface area contributed by atoms with E-state index >= 15 is 0 Å². The molecule has 0 atom stereocenters. The van der Waals surface area contributed by atoms with Crippen molar-refractivity contribution in [2.24, 2.45) is 0 Å². The molecule has 43 valence electrons. The largest absolute Gasteiger partial charge is 0.193 e. The predicted molar refractivity (Wildman–Crippen MR) is 34.0 cm³/mol. The van der Waals surface area contributed by atoms with Crippen molar-refractivity contribution in [1.82, 2.24) is 0 Å². The molecule has 1 radical (unpaired) electrons. The molecule has 0 aliphatic rings. The molecule has 0 aromatic heterocycles. The molecule has 0 spiro atoms. The maximum atomic E-state index is 8.19. The van der Waals surface area contributed by atoms with Gasteiger partial charge < -0.3 is 0 Å². The van der Waals surface area contributed by atoms with E-state index in [4.69, 9.17) is 5.26 Å². The summed E-state index contributed by atoms with van der Waals surface area (Å²) in [5, 5.41) is 8.19. The molecule has 0 aliphatic heterocycles. The number of nitrogens with zero attached hydrogens (tertiary/aromatic N) is 1. The Bertz CT molecular complexity index is 108. The molecule has 0 saturated carbocycles. The fourth-order valence-electron chi connectivity index (χ4n) is 0.394. The fourth-order valence-corrected chi connectivity index (χ4v) is 0.394. The molecule has 0 N–H and O–H groups in total. The molecule has 0 saturated heterocycles. The first-order valence-electron chi connectivity index (χ1n) is 2.68. The number of unbranched alkanes of at least 4 members (excludes halogenated alkanes) is 1. The number of hydrogen-bond donors (Lipinski definition) is 0. The van der Waals surface area contributed by atoms with Gasteiger partial charge in [0, 0.05) is 5.57 Å². The summed E-state index contributed by atoms with van der Waals surface area (Å²) in [6.07, 6.45) is 2.67. The van der Waals surface area contributed by atoms with Gasteiger partial charge in [0.2, 0.25) is 0 Å². The Balaban J connectivity index is 3.16. The Morgan fingerprint density at radius 2 is 2.25 bits per heavy atom. The first-order chi connectivity index (χ1) is 3.81. The van der Waals surface area contributed by atoms with E-state index in [1.54, 1.807) is 0 Å². The summed E-state index contributed by atoms with van der Waals surface area (Å²) in [6, 6.07) is 1.98. The van der Waals surface area contributed by atoms with E-state index in [0.717, 1.165) is 19.3 Å². The van der Waals surface area contributed by atoms with Crippen LogP contribution >= 0.6 is 0 Å². The molecule has 1 nitrogen and oxygen atoms in total. The van der Waals surface area contributed by atoms with Crippen molar-refractivity contribution in [3.8, 4) is 6.07 Å². The second-order valence-corrected chi connectivity index (χ2v) is 1.67. The molecule has 0 rings (SSSR count). The minimum atomic E-state index is 0.661. The van der Waals surface area contributed by atoms with Crippen molar-refractivity contribution >= 4 is 0 Å². The van der Waals surface area contributed by atoms with Gasteiger partial charge in [-0.3, -0.25) is 0 Å². The maximum Gasteiger partial charge on any atom is 0.0940 e. The average Bonchev–Trinajstić information content (AvgIpc) is 1.83. The van der Waals surface area contributed by atoms with Gasteiger partial charge in [0.05, 0.1) is 6.07 Å². The van der Waals surface area contributed by atoms with Gasteiger partial charge in [0.1, 0.15) is 0 Å². The van der Waals surface area contributed by atoms with Crippen molar-refractivity contribution in [3.05, 3.63) is 19.1 Å². The molecular formula is C7H10N. The van der Waals surface area contributed by atoms with Gasteiger partial charge in [-0.05, 0) is 12.8 Å². The number of rotatable bonds is 3. The summed E-state index contributed by atoms with van der Waals surface area (Å²) >= 11 is 0. The highest BCUT2D eigenvalue weighted by atomic mass is 14.2. The molecule has 0 aromatic carbocycles. The Morgan fingerprint density at radius 1 is 1.62 bits per heavy atom. The highest BCUT2D eigenvalue weighted by molar-refractivity contribution is 5.14. The molecule has 0 fully saturated rings. The Hall–Kier alpha value is -0.770. The first kappa shape index (κ1) is 7.23. The minimum Gasteiger partial charge on any atom is -0.193 e. The zero-order valence-electron chi connectivity index (χ0n) is 4.98. The monoisotopic (exact) mass is 108 g/mol. The van der Waals surface area contributed by atoms with Crippen LogP contribution in [0.2, 0.25) is 0 Å². The SMILES string of the molecule is [CH2]CCCC(=C)C#N. The summed E-state index contributed by atoms with van der Waals surface area (Å²) in [5.74, 6) is 0. The Morgan fingerprint density at radius 3 is 2.62 bits per heavy atom. The van der Waals surface area contributed by atoms with E-state index in [1.165, 1.54) is 0 Å². The van der Waals surface area contributed by atoms with Gasteiger partial charge in [-0.2, -0.15) is 5.26 Å². The lowest BCUT2D eigenvalue weighted by Gasteiger charge is -1.89. The molecule has 0 heterocycles. The first-order valence-corrected chi connectivity index (χ1v) is 2.68. The summed E-state index contributed by atoms with van der Waals surface area (Å²) in [7, 11) is 0. The number of allylic oxidation sites excluding steroid dienone is 1. The third-order valence-electron chi connectivity index (χ3n) is 0.887. The Labute approximate surface area is 50.6 Å². The number of hydrogen-bond acceptors (Lipinski definition) is 1. The van der Waals surface area contributed by atoms with Crippen molar-refractivity contribution in [1.29, 1.82) is 5.26 Å². The van der Waals surface area contributed by atoms with E-state index in [0.29, 0.717) is 5.57 Å². The lowest BCUT2D eigenvalue weighted by Crippen LogP contribution is -1.74. The fraction of sp³-hybridized carbons (Fsp3) is 0.429. The summed E-state index contributed by atoms with van der Waals surface area (Å²) in [5.41, 5.74) is 0.661. The van der Waals surface area contributed by atoms with Gasteiger partial charge in [-0.15, -0.1) is 0 Å². The average molecular weight is 108 g/mol. The van der Waals surface area contributed by atoms with Crippen LogP contribution in [0.4, 0.5) is 0 Å². The van der Waals surface area contributed by atoms with E-state index in [1.807, 2.05) is 6.07 Å². The van der Waals surface area contributed by atoms with Gasteiger partial charge in [0.25, 0.3) is 0 Å². The van der Waals surface area contributed by atoms with E-state index in [2.05, 4.69) is 13.5 Å². The summed E-state index contributed by atoms with van der Waals surface area (Å²) in [4.78, 5) is 0. The van der Waals surface area contributed by atoms with Crippen molar-refractivity contribution in [3.63, 3.8) is 0 Å². The summed E-state index contributed by atoms with van der Waals surface area (Å²) < 4.78 is 0. The third-order valence-corrected chi connectivity index (χ3v) is 0.887. The third kappa shape index (κ3) is 3.42. The van der Waals surface area contributed by atoms with Crippen molar-refractivity contribution < 1.29 is 0 Å². The van der Waals surface area contributed by atoms with Crippen LogP contribution < -0.4 is 0 Å². The quantitative estimate of drug-likeness (QED) is 0.508. The second kappa shape index (κ2) is 4.39. The van der Waals surface area contributed by atoms with Crippen LogP contribution in [0.3, 0.4) is 0 Å². The molecule has 0 aliphatic carbocycles. The van der Waals surface area contributed by atoms with Crippen LogP contribution in [-0.4, -0.2) is 0 Å². The topological polar surface area (TPSA) is 23.8 Å². The van der Waals surface area contributed by atoms with Gasteiger partial charge >= 0.3 is 0 Å². The zero-order valence-corrected chi connectivity index (χ0v) is 4.98. The van der Waals surface area contributed by atoms with E-state index in [9.17, 15) is 0 Å². The zero-order chi connectivity index (χ0) is 6.41. The van der Waals surface area contributed by atoms with Gasteiger partial charge in [-0.1, -0.05) is 19.9 Å². The second-order valence-electron chi connectivity index (χ2n) is 1.67. The molecule has 0 bridgehead atoms. The van der Waals surface area contributed by atoms with Crippen LogP contribution in [0, 0.1) is 18.3 Å². The Kier molecular flexibility index (Phi) is 3.97. The van der Waals surface area contributed by atoms with E-state index < -0.39 is 0 Å². The van der Waals surface area contributed by atoms with Crippen LogP contribution in [0.1, 0.15) is 19.3 Å². The smallest absolute Gasteiger partial charge is 0.0940 e. The normalized spacial score (nSPS) is 8.00. The molecular weight excluding hydrogens is 98.1 g/mol. The molecule has 8 heavy (non-hydrogen) atoms. The molecule has 0 aromatic rings. The van der Waals surface area contributed by atoms with Gasteiger partial charge in [-0.25, -0.2) is 0 Å². The standard InChI is InChI=1S/C7H10N/c1-3-4-5-7(2)6-8/h1-5H2. The predicted octanol–water partition coefficient (Wildman–Crippen LogP) is 2.07. The van der Waals surface area contributed by atoms with E-state index in [-0.39, 0.29) is 0 Å². The lowest BCUT2D eigenvalue weighted by atomic mass is 10.1. The highest BCUT2D eigenvalue weighted by Gasteiger charge is 1.87. The maximum absolute atomic E-state index is 8.19. The lowest BCUT2D eigenvalue weighted by molar-refractivity contribution is 0.848. The van der Waals surface area contributed by atoms with Crippen LogP contribution in [0.25, 0.3) is 0 Å². The van der Waals surface area contributed by atoms with Crippen molar-refractivity contribution in [2.75, 3.05) is 0 Å². The van der Waals surface area contributed by atoms with Crippen LogP contribution in [0.15, 0.2) is 12.2 Å². The van der Waals surface area contributed by atoms with Crippen molar-refractivity contribution in [2.45, 2.75) is 19.3 Å². The summed E-state index contributed by atoms with van der Waals surface area (Å²) in [6.45, 7) is 7.16. The van der Waals surface area contributed by atoms with Crippen LogP contribution in [0.5, 0.6) is 0 Å². The van der Waals surface area contributed by atoms with Gasteiger partial charge in [0.15, 0.2) is 0 Å². The molecule has 0 amide bonds. The minimum absolute atomic E-state index is 0.661.